The molecule has 1 aliphatic rings. The van der Waals surface area contributed by atoms with Crippen molar-refractivity contribution >= 4 is 0 Å². The lowest BCUT2D eigenvalue weighted by molar-refractivity contribution is -0.138. The van der Waals surface area contributed by atoms with Gasteiger partial charge in [-0.25, -0.2) is 0 Å². The second kappa shape index (κ2) is 6.94. The van der Waals surface area contributed by atoms with Gasteiger partial charge in [0.05, 0.1) is 23.8 Å². The molecule has 0 amide bonds. The molecule has 3 heterocycles. The molecule has 0 aromatic carbocycles. The van der Waals surface area contributed by atoms with Crippen LogP contribution in [0.1, 0.15) is 35.8 Å². The molecule has 26 heavy (non-hydrogen) atoms. The Kier molecular flexibility index (Phi) is 5.01. The number of rotatable bonds is 4. The van der Waals surface area contributed by atoms with E-state index in [0.717, 1.165) is 11.8 Å². The SMILES string of the molecule is Cc1ccn(C2CCN(CC(F)(F)c3ccc(C(F)(F)F)cn3)CC2)n1. The van der Waals surface area contributed by atoms with Crippen molar-refractivity contribution in [2.45, 2.75) is 37.9 Å². The summed E-state index contributed by atoms with van der Waals surface area (Å²) < 4.78 is 68.2. The Bertz CT molecular complexity index is 730. The van der Waals surface area contributed by atoms with Gasteiger partial charge in [0.1, 0.15) is 5.69 Å². The summed E-state index contributed by atoms with van der Waals surface area (Å²) in [5.74, 6) is -3.31. The van der Waals surface area contributed by atoms with Gasteiger partial charge in [-0.2, -0.15) is 27.1 Å². The van der Waals surface area contributed by atoms with Crippen LogP contribution in [0.25, 0.3) is 0 Å². The van der Waals surface area contributed by atoms with Gasteiger partial charge in [0, 0.05) is 25.5 Å². The molecule has 4 nitrogen and oxygen atoms in total. The number of halogens is 5. The molecule has 0 bridgehead atoms. The summed E-state index contributed by atoms with van der Waals surface area (Å²) in [6, 6.07) is 3.47. The lowest BCUT2D eigenvalue weighted by atomic mass is 10.0. The van der Waals surface area contributed by atoms with E-state index in [2.05, 4.69) is 10.1 Å². The number of pyridine rings is 1. The van der Waals surface area contributed by atoms with Gasteiger partial charge in [0.25, 0.3) is 0 Å². The van der Waals surface area contributed by atoms with E-state index in [1.54, 1.807) is 4.90 Å². The lowest BCUT2D eigenvalue weighted by Gasteiger charge is -2.34. The highest BCUT2D eigenvalue weighted by molar-refractivity contribution is 5.20. The zero-order valence-corrected chi connectivity index (χ0v) is 14.2. The quantitative estimate of drug-likeness (QED) is 0.758. The molecule has 142 valence electrons. The summed E-state index contributed by atoms with van der Waals surface area (Å²) >= 11 is 0. The van der Waals surface area contributed by atoms with Crippen LogP contribution in [0.5, 0.6) is 0 Å². The third kappa shape index (κ3) is 4.20. The molecule has 1 aliphatic heterocycles. The van der Waals surface area contributed by atoms with E-state index < -0.39 is 29.9 Å². The van der Waals surface area contributed by atoms with Crippen LogP contribution in [0.4, 0.5) is 22.0 Å². The molecular formula is C17H19F5N4. The first-order valence-corrected chi connectivity index (χ1v) is 8.31. The van der Waals surface area contributed by atoms with E-state index in [9.17, 15) is 22.0 Å². The molecule has 3 rings (SSSR count). The molecule has 0 radical (unpaired) electrons. The predicted molar refractivity (Wildman–Crippen MR) is 84.8 cm³/mol. The van der Waals surface area contributed by atoms with E-state index in [0.29, 0.717) is 38.2 Å². The molecule has 0 atom stereocenters. The van der Waals surface area contributed by atoms with Crippen LogP contribution in [-0.2, 0) is 12.1 Å². The number of aromatic nitrogens is 3. The van der Waals surface area contributed by atoms with Crippen LogP contribution < -0.4 is 0 Å². The Labute approximate surface area is 147 Å². The second-order valence-corrected chi connectivity index (χ2v) is 6.58. The summed E-state index contributed by atoms with van der Waals surface area (Å²) in [5.41, 5.74) is -0.768. The fourth-order valence-electron chi connectivity index (χ4n) is 3.12. The number of hydrogen-bond acceptors (Lipinski definition) is 3. The van der Waals surface area contributed by atoms with Gasteiger partial charge in [-0.05, 0) is 38.0 Å². The van der Waals surface area contributed by atoms with Crippen LogP contribution >= 0.6 is 0 Å². The van der Waals surface area contributed by atoms with E-state index in [1.807, 2.05) is 23.9 Å². The van der Waals surface area contributed by atoms with Crippen molar-refractivity contribution in [2.24, 2.45) is 0 Å². The first-order chi connectivity index (χ1) is 12.1. The van der Waals surface area contributed by atoms with Crippen molar-refractivity contribution in [1.29, 1.82) is 0 Å². The van der Waals surface area contributed by atoms with E-state index >= 15 is 0 Å². The smallest absolute Gasteiger partial charge is 0.297 e. The van der Waals surface area contributed by atoms with Crippen molar-refractivity contribution < 1.29 is 22.0 Å². The van der Waals surface area contributed by atoms with Gasteiger partial charge in [0.2, 0.25) is 0 Å². The van der Waals surface area contributed by atoms with Crippen LogP contribution in [0.15, 0.2) is 30.6 Å². The summed E-state index contributed by atoms with van der Waals surface area (Å²) in [7, 11) is 0. The normalized spacial score (nSPS) is 17.6. The highest BCUT2D eigenvalue weighted by atomic mass is 19.4. The van der Waals surface area contributed by atoms with Gasteiger partial charge >= 0.3 is 12.1 Å². The number of likely N-dealkylation sites (tertiary alicyclic amines) is 1. The molecule has 9 heteroatoms. The van der Waals surface area contributed by atoms with Gasteiger partial charge in [-0.3, -0.25) is 14.6 Å². The Morgan fingerprint density at radius 1 is 1.08 bits per heavy atom. The molecule has 0 saturated carbocycles. The topological polar surface area (TPSA) is 34.0 Å². The largest absolute Gasteiger partial charge is 0.417 e. The Balaban J connectivity index is 1.60. The van der Waals surface area contributed by atoms with Gasteiger partial charge in [-0.15, -0.1) is 0 Å². The maximum atomic E-state index is 14.4. The van der Waals surface area contributed by atoms with Crippen LogP contribution in [-0.4, -0.2) is 39.3 Å². The van der Waals surface area contributed by atoms with E-state index in [4.69, 9.17) is 0 Å². The minimum Gasteiger partial charge on any atom is -0.297 e. The van der Waals surface area contributed by atoms with Crippen molar-refractivity contribution in [1.82, 2.24) is 19.7 Å². The highest BCUT2D eigenvalue weighted by Gasteiger charge is 2.38. The van der Waals surface area contributed by atoms with Crippen molar-refractivity contribution in [3.8, 4) is 0 Å². The molecule has 0 N–H and O–H groups in total. The van der Waals surface area contributed by atoms with E-state index in [1.165, 1.54) is 0 Å². The maximum absolute atomic E-state index is 14.4. The average Bonchev–Trinajstić information content (AvgIpc) is 3.01. The van der Waals surface area contributed by atoms with Crippen LogP contribution in [0.2, 0.25) is 0 Å². The number of aryl methyl sites for hydroxylation is 1. The van der Waals surface area contributed by atoms with Gasteiger partial charge < -0.3 is 0 Å². The zero-order chi connectivity index (χ0) is 18.9. The Hall–Kier alpha value is -2.03. The Morgan fingerprint density at radius 2 is 1.77 bits per heavy atom. The Morgan fingerprint density at radius 3 is 2.27 bits per heavy atom. The molecule has 0 spiro atoms. The minimum absolute atomic E-state index is 0.178. The molecule has 2 aromatic heterocycles. The van der Waals surface area contributed by atoms with Gasteiger partial charge in [-0.1, -0.05) is 0 Å². The second-order valence-electron chi connectivity index (χ2n) is 6.58. The standard InChI is InChI=1S/C17H19F5N4/c1-12-4-9-26(24-12)14-5-7-25(8-6-14)11-16(18,19)15-3-2-13(10-23-15)17(20,21)22/h2-4,9-10,14H,5-8,11H2,1H3. The maximum Gasteiger partial charge on any atom is 0.417 e. The van der Waals surface area contributed by atoms with E-state index in [-0.39, 0.29) is 6.04 Å². The monoisotopic (exact) mass is 374 g/mol. The van der Waals surface area contributed by atoms with Crippen LogP contribution in [0.3, 0.4) is 0 Å². The average molecular weight is 374 g/mol. The molecule has 0 aliphatic carbocycles. The number of alkyl halides is 5. The number of hydrogen-bond donors (Lipinski definition) is 0. The number of piperidine rings is 1. The molecule has 1 fully saturated rings. The summed E-state index contributed by atoms with van der Waals surface area (Å²) in [5, 5.41) is 4.36. The number of nitrogens with zero attached hydrogens (tertiary/aromatic N) is 4. The summed E-state index contributed by atoms with van der Waals surface area (Å²) in [6.45, 7) is 2.28. The first-order valence-electron chi connectivity index (χ1n) is 8.31. The van der Waals surface area contributed by atoms with Crippen LogP contribution in [0, 0.1) is 6.92 Å². The molecule has 2 aromatic rings. The minimum atomic E-state index is -4.59. The fraction of sp³-hybridized carbons (Fsp3) is 0.529. The van der Waals surface area contributed by atoms with Crippen molar-refractivity contribution in [3.63, 3.8) is 0 Å². The highest BCUT2D eigenvalue weighted by Crippen LogP contribution is 2.33. The fourth-order valence-corrected chi connectivity index (χ4v) is 3.12. The third-order valence-electron chi connectivity index (χ3n) is 4.56. The molecule has 1 saturated heterocycles. The summed E-state index contributed by atoms with van der Waals surface area (Å²) in [4.78, 5) is 4.95. The van der Waals surface area contributed by atoms with Crippen molar-refractivity contribution in [2.75, 3.05) is 19.6 Å². The predicted octanol–water partition coefficient (Wildman–Crippen LogP) is 4.03. The third-order valence-corrected chi connectivity index (χ3v) is 4.56. The lowest BCUT2D eigenvalue weighted by Crippen LogP contribution is -2.41. The molecule has 0 unspecified atom stereocenters. The first kappa shape index (κ1) is 18.8. The molecular weight excluding hydrogens is 355 g/mol. The van der Waals surface area contributed by atoms with Crippen molar-refractivity contribution in [3.05, 3.63) is 47.5 Å². The summed E-state index contributed by atoms with van der Waals surface area (Å²) in [6.07, 6.45) is -0.866. The zero-order valence-electron chi connectivity index (χ0n) is 14.2. The van der Waals surface area contributed by atoms with Gasteiger partial charge in [0.15, 0.2) is 0 Å².